The third kappa shape index (κ3) is 2.84. The third-order valence-electron chi connectivity index (χ3n) is 2.97. The van der Waals surface area contributed by atoms with Crippen LogP contribution in [0.25, 0.3) is 10.4 Å². The number of rotatable bonds is 5. The summed E-state index contributed by atoms with van der Waals surface area (Å²) in [6, 6.07) is 0. The topological polar surface area (TPSA) is 104 Å². The van der Waals surface area contributed by atoms with E-state index in [2.05, 4.69) is 22.3 Å². The second-order valence-electron chi connectivity index (χ2n) is 4.18. The molecule has 0 bridgehead atoms. The van der Waals surface area contributed by atoms with Crippen molar-refractivity contribution >= 4 is 5.91 Å². The molecule has 0 saturated heterocycles. The first-order chi connectivity index (χ1) is 7.10. The minimum Gasteiger partial charge on any atom is -0.368 e. The summed E-state index contributed by atoms with van der Waals surface area (Å²) in [5.74, 6) is 0.220. The van der Waals surface area contributed by atoms with Gasteiger partial charge < -0.3 is 11.1 Å². The van der Waals surface area contributed by atoms with Gasteiger partial charge >= 0.3 is 0 Å². The molecule has 6 heteroatoms. The van der Waals surface area contributed by atoms with E-state index in [0.717, 1.165) is 19.3 Å². The van der Waals surface area contributed by atoms with Gasteiger partial charge in [0.05, 0.1) is 5.54 Å². The molecule has 1 saturated carbocycles. The second-order valence-corrected chi connectivity index (χ2v) is 4.18. The van der Waals surface area contributed by atoms with E-state index in [1.807, 2.05) is 0 Å². The molecule has 1 aliphatic carbocycles. The van der Waals surface area contributed by atoms with Gasteiger partial charge in [-0.15, -0.1) is 0 Å². The molecule has 3 N–H and O–H groups in total. The van der Waals surface area contributed by atoms with Crippen molar-refractivity contribution in [3.63, 3.8) is 0 Å². The van der Waals surface area contributed by atoms with Gasteiger partial charge in [0.2, 0.25) is 5.91 Å². The maximum atomic E-state index is 11.4. The number of nitrogens with one attached hydrogen (secondary N) is 1. The van der Waals surface area contributed by atoms with Gasteiger partial charge in [0.15, 0.2) is 0 Å². The zero-order valence-electron chi connectivity index (χ0n) is 8.94. The summed E-state index contributed by atoms with van der Waals surface area (Å²) in [5.41, 5.74) is 12.9. The van der Waals surface area contributed by atoms with Crippen molar-refractivity contribution in [3.05, 3.63) is 10.4 Å². The molecule has 1 fully saturated rings. The number of nitrogens with zero attached hydrogens (tertiary/aromatic N) is 3. The lowest BCUT2D eigenvalue weighted by atomic mass is 9.95. The molecule has 0 aromatic heterocycles. The lowest BCUT2D eigenvalue weighted by Crippen LogP contribution is -2.54. The molecule has 2 unspecified atom stereocenters. The maximum absolute atomic E-state index is 11.4. The Kier molecular flexibility index (Phi) is 3.94. The molecule has 1 aliphatic rings. The van der Waals surface area contributed by atoms with Gasteiger partial charge in [-0.3, -0.25) is 4.79 Å². The number of primary amides is 1. The summed E-state index contributed by atoms with van der Waals surface area (Å²) in [7, 11) is 0. The van der Waals surface area contributed by atoms with Crippen LogP contribution in [0.1, 0.15) is 26.2 Å². The average molecular weight is 211 g/mol. The molecule has 15 heavy (non-hydrogen) atoms. The Balaban J connectivity index is 2.51. The van der Waals surface area contributed by atoms with Crippen molar-refractivity contribution in [1.82, 2.24) is 5.32 Å². The summed E-state index contributed by atoms with van der Waals surface area (Å²) in [4.78, 5) is 14.0. The Bertz CT molecular complexity index is 286. The Morgan fingerprint density at radius 2 is 2.53 bits per heavy atom. The van der Waals surface area contributed by atoms with E-state index in [0.29, 0.717) is 19.0 Å². The van der Waals surface area contributed by atoms with Crippen LogP contribution >= 0.6 is 0 Å². The van der Waals surface area contributed by atoms with Crippen LogP contribution in [-0.2, 0) is 4.79 Å². The van der Waals surface area contributed by atoms with Crippen LogP contribution in [0.2, 0.25) is 0 Å². The smallest absolute Gasteiger partial charge is 0.237 e. The summed E-state index contributed by atoms with van der Waals surface area (Å²) >= 11 is 0. The van der Waals surface area contributed by atoms with E-state index in [1.54, 1.807) is 0 Å². The standard InChI is InChI=1S/C9H17N5O/c1-7-2-3-9(6-7,8(10)15)12-4-5-13-14-11/h7,12H,2-6H2,1H3,(H2,10,15). The zero-order valence-corrected chi connectivity index (χ0v) is 8.94. The highest BCUT2D eigenvalue weighted by atomic mass is 16.1. The Morgan fingerprint density at radius 3 is 3.00 bits per heavy atom. The van der Waals surface area contributed by atoms with Crippen LogP contribution in [0.3, 0.4) is 0 Å². The van der Waals surface area contributed by atoms with Gasteiger partial charge in [-0.1, -0.05) is 12.0 Å². The number of amides is 1. The van der Waals surface area contributed by atoms with Crippen molar-refractivity contribution in [2.45, 2.75) is 31.7 Å². The summed E-state index contributed by atoms with van der Waals surface area (Å²) < 4.78 is 0. The first kappa shape index (κ1) is 11.8. The van der Waals surface area contributed by atoms with E-state index in [-0.39, 0.29) is 5.91 Å². The average Bonchev–Trinajstić information content (AvgIpc) is 2.56. The first-order valence-electron chi connectivity index (χ1n) is 5.16. The fourth-order valence-corrected chi connectivity index (χ4v) is 2.15. The van der Waals surface area contributed by atoms with Crippen LogP contribution in [-0.4, -0.2) is 24.5 Å². The molecule has 0 radical (unpaired) electrons. The molecule has 1 rings (SSSR count). The van der Waals surface area contributed by atoms with Gasteiger partial charge in [-0.2, -0.15) is 0 Å². The molecule has 0 heterocycles. The predicted octanol–water partition coefficient (Wildman–Crippen LogP) is 0.930. The highest BCUT2D eigenvalue weighted by Crippen LogP contribution is 2.33. The number of nitrogens with two attached hydrogens (primary N) is 1. The van der Waals surface area contributed by atoms with Crippen LogP contribution in [0, 0.1) is 5.92 Å². The van der Waals surface area contributed by atoms with Crippen LogP contribution in [0.5, 0.6) is 0 Å². The third-order valence-corrected chi connectivity index (χ3v) is 2.97. The highest BCUT2D eigenvalue weighted by molar-refractivity contribution is 5.85. The number of carbonyl (C=O) groups is 1. The molecular formula is C9H17N5O. The lowest BCUT2D eigenvalue weighted by Gasteiger charge is -2.26. The SMILES string of the molecule is CC1CCC(NCCN=[N+]=[N-])(C(N)=O)C1. The molecule has 6 nitrogen and oxygen atoms in total. The van der Waals surface area contributed by atoms with Crippen LogP contribution in [0.4, 0.5) is 0 Å². The van der Waals surface area contributed by atoms with Gasteiger partial charge in [0.1, 0.15) is 0 Å². The molecule has 1 amide bonds. The Morgan fingerprint density at radius 1 is 1.80 bits per heavy atom. The molecule has 0 aliphatic heterocycles. The number of azide groups is 1. The first-order valence-corrected chi connectivity index (χ1v) is 5.16. The van der Waals surface area contributed by atoms with Gasteiger partial charge in [-0.25, -0.2) is 0 Å². The predicted molar refractivity (Wildman–Crippen MR) is 57.0 cm³/mol. The van der Waals surface area contributed by atoms with E-state index in [4.69, 9.17) is 11.3 Å². The van der Waals surface area contributed by atoms with Gasteiger partial charge in [-0.05, 0) is 30.7 Å². The fourth-order valence-electron chi connectivity index (χ4n) is 2.15. The maximum Gasteiger partial charge on any atom is 0.237 e. The van der Waals surface area contributed by atoms with Gasteiger partial charge in [0, 0.05) is 18.0 Å². The van der Waals surface area contributed by atoms with Crippen LogP contribution < -0.4 is 11.1 Å². The highest BCUT2D eigenvalue weighted by Gasteiger charge is 2.41. The molecule has 0 aromatic carbocycles. The zero-order chi connectivity index (χ0) is 11.3. The monoisotopic (exact) mass is 211 g/mol. The van der Waals surface area contributed by atoms with E-state index in [1.165, 1.54) is 0 Å². The van der Waals surface area contributed by atoms with Gasteiger partial charge in [0.25, 0.3) is 0 Å². The summed E-state index contributed by atoms with van der Waals surface area (Å²) in [5, 5.41) is 6.53. The number of hydrogen-bond donors (Lipinski definition) is 2. The van der Waals surface area contributed by atoms with Crippen molar-refractivity contribution < 1.29 is 4.79 Å². The van der Waals surface area contributed by atoms with E-state index in [9.17, 15) is 4.79 Å². The van der Waals surface area contributed by atoms with E-state index >= 15 is 0 Å². The van der Waals surface area contributed by atoms with Crippen molar-refractivity contribution in [2.75, 3.05) is 13.1 Å². The Hall–Kier alpha value is -1.26. The molecular weight excluding hydrogens is 194 g/mol. The van der Waals surface area contributed by atoms with Crippen molar-refractivity contribution in [1.29, 1.82) is 0 Å². The minimum absolute atomic E-state index is 0.298. The largest absolute Gasteiger partial charge is 0.368 e. The quantitative estimate of drug-likeness (QED) is 0.305. The molecule has 2 atom stereocenters. The van der Waals surface area contributed by atoms with Crippen LogP contribution in [0.15, 0.2) is 5.11 Å². The summed E-state index contributed by atoms with van der Waals surface area (Å²) in [6.07, 6.45) is 2.57. The molecule has 84 valence electrons. The number of carbonyl (C=O) groups excluding carboxylic acids is 1. The normalized spacial score (nSPS) is 29.8. The van der Waals surface area contributed by atoms with Crippen molar-refractivity contribution in [3.8, 4) is 0 Å². The second kappa shape index (κ2) is 5.00. The molecule has 0 spiro atoms. The molecule has 0 aromatic rings. The Labute approximate surface area is 88.8 Å². The fraction of sp³-hybridized carbons (Fsp3) is 0.889. The lowest BCUT2D eigenvalue weighted by molar-refractivity contribution is -0.124. The van der Waals surface area contributed by atoms with E-state index < -0.39 is 5.54 Å². The summed E-state index contributed by atoms with van der Waals surface area (Å²) in [6.45, 7) is 2.96. The van der Waals surface area contributed by atoms with Crippen molar-refractivity contribution in [2.24, 2.45) is 16.8 Å². The number of hydrogen-bond acceptors (Lipinski definition) is 3. The minimum atomic E-state index is -0.579.